The van der Waals surface area contributed by atoms with Crippen LogP contribution in [0, 0.1) is 5.92 Å². The second kappa shape index (κ2) is 15.6. The highest BCUT2D eigenvalue weighted by Crippen LogP contribution is 2.40. The molecule has 2 fully saturated rings. The van der Waals surface area contributed by atoms with E-state index in [-0.39, 0.29) is 41.6 Å². The summed E-state index contributed by atoms with van der Waals surface area (Å²) in [4.78, 5) is 20.2. The van der Waals surface area contributed by atoms with Gasteiger partial charge in [0, 0.05) is 38.8 Å². The monoisotopic (exact) mass is 721 g/mol. The number of dihydropyridines is 1. The van der Waals surface area contributed by atoms with Crippen LogP contribution in [0.4, 0.5) is 14.5 Å². The number of halogens is 4. The molecule has 252 valence electrons. The number of alkyl halides is 3. The first-order valence-electron chi connectivity index (χ1n) is 14.8. The Morgan fingerprint density at radius 3 is 2.65 bits per heavy atom. The second-order valence-electron chi connectivity index (χ2n) is 11.2. The minimum atomic E-state index is -3.77. The summed E-state index contributed by atoms with van der Waals surface area (Å²) in [5.74, 6) is -0.499. The molecule has 1 aliphatic carbocycles. The number of rotatable bonds is 15. The van der Waals surface area contributed by atoms with Crippen LogP contribution in [0.5, 0.6) is 11.5 Å². The molecule has 0 bridgehead atoms. The van der Waals surface area contributed by atoms with Crippen molar-refractivity contribution in [2.75, 3.05) is 63.1 Å². The molecule has 2 atom stereocenters. The highest BCUT2D eigenvalue weighted by molar-refractivity contribution is 7.92. The number of aliphatic imine (C=N–C) groups is 1. The van der Waals surface area contributed by atoms with Crippen LogP contribution in [0.2, 0.25) is 0 Å². The number of allylic oxidation sites excluding steroid dienone is 1. The molecule has 2 aromatic rings. The van der Waals surface area contributed by atoms with Gasteiger partial charge < -0.3 is 18.9 Å². The van der Waals surface area contributed by atoms with Gasteiger partial charge in [0.2, 0.25) is 10.0 Å². The van der Waals surface area contributed by atoms with E-state index in [0.29, 0.717) is 61.5 Å². The Morgan fingerprint density at radius 2 is 1.98 bits per heavy atom. The van der Waals surface area contributed by atoms with E-state index in [0.717, 1.165) is 30.4 Å². The number of ether oxygens (including phenoxy) is 4. The second-order valence-corrected chi connectivity index (χ2v) is 15.0. The number of thiophene rings is 1. The number of carbonyl (C=O) groups is 1. The maximum absolute atomic E-state index is 13.8. The maximum atomic E-state index is 13.8. The number of hydrogen-bond acceptors (Lipinski definition) is 10. The van der Waals surface area contributed by atoms with E-state index in [4.69, 9.17) is 42.1 Å². The van der Waals surface area contributed by atoms with Crippen molar-refractivity contribution in [1.82, 2.24) is 4.90 Å². The minimum absolute atomic E-state index is 0.0649. The molecular weight excluding hydrogens is 687 g/mol. The summed E-state index contributed by atoms with van der Waals surface area (Å²) >= 11 is 14.1. The number of anilines is 1. The van der Waals surface area contributed by atoms with E-state index in [9.17, 15) is 22.0 Å². The zero-order valence-electron chi connectivity index (χ0n) is 25.1. The molecule has 1 aromatic carbocycles. The minimum Gasteiger partial charge on any atom is -0.489 e. The Bertz CT molecular complexity index is 1550. The van der Waals surface area contributed by atoms with Gasteiger partial charge in [-0.15, -0.1) is 22.9 Å². The normalized spacial score (nSPS) is 19.7. The van der Waals surface area contributed by atoms with Crippen molar-refractivity contribution in [2.24, 2.45) is 10.9 Å². The van der Waals surface area contributed by atoms with Gasteiger partial charge in [0.1, 0.15) is 11.0 Å². The van der Waals surface area contributed by atoms with Gasteiger partial charge in [-0.25, -0.2) is 13.2 Å². The fourth-order valence-corrected chi connectivity index (χ4v) is 7.48. The van der Waals surface area contributed by atoms with Crippen LogP contribution in [0.1, 0.15) is 40.6 Å². The third kappa shape index (κ3) is 9.32. The van der Waals surface area contributed by atoms with E-state index in [1.807, 2.05) is 0 Å². The Hall–Kier alpha value is -2.49. The molecule has 0 radical (unpaired) electrons. The number of benzene rings is 1. The van der Waals surface area contributed by atoms with Crippen LogP contribution >= 0.6 is 34.5 Å². The van der Waals surface area contributed by atoms with Crippen LogP contribution in [0.15, 0.2) is 45.2 Å². The van der Waals surface area contributed by atoms with Gasteiger partial charge in [0.25, 0.3) is 0 Å². The topological polar surface area (TPSA) is 107 Å². The Balaban J connectivity index is 1.44. The van der Waals surface area contributed by atoms with Gasteiger partial charge in [0.05, 0.1) is 48.7 Å². The molecule has 1 saturated heterocycles. The number of morpholine rings is 1. The molecule has 46 heavy (non-hydrogen) atoms. The first-order chi connectivity index (χ1) is 22.0. The fraction of sp³-hybridized carbons (Fsp3) is 0.533. The molecular formula is C30H35Cl2F2N3O7S2. The average molecular weight is 723 g/mol. The van der Waals surface area contributed by atoms with Crippen LogP contribution in [0.3, 0.4) is 0 Å². The van der Waals surface area contributed by atoms with Crippen molar-refractivity contribution in [2.45, 2.75) is 37.4 Å². The van der Waals surface area contributed by atoms with E-state index < -0.39 is 34.1 Å². The van der Waals surface area contributed by atoms with Gasteiger partial charge in [0.15, 0.2) is 11.5 Å². The molecule has 0 spiro atoms. The zero-order chi connectivity index (χ0) is 32.8. The highest BCUT2D eigenvalue weighted by Gasteiger charge is 2.31. The van der Waals surface area contributed by atoms with E-state index >= 15 is 0 Å². The molecule has 0 N–H and O–H groups in total. The Morgan fingerprint density at radius 1 is 1.22 bits per heavy atom. The van der Waals surface area contributed by atoms with Crippen molar-refractivity contribution in [3.63, 3.8) is 0 Å². The largest absolute Gasteiger partial charge is 0.489 e. The summed E-state index contributed by atoms with van der Waals surface area (Å²) in [7, 11) is -3.77. The predicted molar refractivity (Wildman–Crippen MR) is 174 cm³/mol. The van der Waals surface area contributed by atoms with Gasteiger partial charge in [-0.3, -0.25) is 14.2 Å². The third-order valence-corrected chi connectivity index (χ3v) is 10.6. The van der Waals surface area contributed by atoms with Gasteiger partial charge in [-0.05, 0) is 53.5 Å². The van der Waals surface area contributed by atoms with Crippen molar-refractivity contribution in [1.29, 1.82) is 0 Å². The first kappa shape index (κ1) is 34.8. The lowest BCUT2D eigenvalue weighted by Crippen LogP contribution is -2.43. The molecule has 2 unspecified atom stereocenters. The molecule has 1 aromatic heterocycles. The summed E-state index contributed by atoms with van der Waals surface area (Å²) in [5.41, 5.74) is 1.21. The van der Waals surface area contributed by atoms with E-state index in [2.05, 4.69) is 9.89 Å². The standard InChI is InChI=1S/C30H35Cl2F2N3O7S2/c1-46(39,40)37(8-7-36-9-11-41-12-10-36)24-6-13-45-28(24)29(38)43-26(15-21-22(31)16-35-17-23(21)32)20-4-5-25(44-30(33)34)27(14-20)42-18-19-2-3-19/h4-6,13-14,16,19,23,26,30H,2-3,7-12,15,17-18H2,1H3. The average Bonchev–Trinajstić information content (AvgIpc) is 3.72. The molecule has 10 nitrogen and oxygen atoms in total. The van der Waals surface area contributed by atoms with Crippen LogP contribution in [0.25, 0.3) is 0 Å². The maximum Gasteiger partial charge on any atom is 0.387 e. The highest BCUT2D eigenvalue weighted by atomic mass is 35.5. The number of carbonyl (C=O) groups excluding carboxylic acids is 1. The van der Waals surface area contributed by atoms with Crippen molar-refractivity contribution in [3.8, 4) is 11.5 Å². The third-order valence-electron chi connectivity index (χ3n) is 7.76. The molecule has 3 aliphatic rings. The molecule has 2 aliphatic heterocycles. The van der Waals surface area contributed by atoms with Crippen molar-refractivity contribution < 1.29 is 40.9 Å². The predicted octanol–water partition coefficient (Wildman–Crippen LogP) is 5.71. The molecule has 0 amide bonds. The van der Waals surface area contributed by atoms with Crippen LogP contribution < -0.4 is 13.8 Å². The van der Waals surface area contributed by atoms with E-state index in [1.54, 1.807) is 11.4 Å². The fourth-order valence-electron chi connectivity index (χ4n) is 5.10. The van der Waals surface area contributed by atoms with Crippen LogP contribution in [-0.2, 0) is 19.5 Å². The van der Waals surface area contributed by atoms with Crippen molar-refractivity contribution in [3.05, 3.63) is 50.7 Å². The number of hydrogen-bond donors (Lipinski definition) is 0. The summed E-state index contributed by atoms with van der Waals surface area (Å²) in [6.45, 7) is 0.590. The number of esters is 1. The lowest BCUT2D eigenvalue weighted by molar-refractivity contribution is -0.0515. The Labute approximate surface area is 280 Å². The summed E-state index contributed by atoms with van der Waals surface area (Å²) in [5, 5.41) is 1.36. The molecule has 16 heteroatoms. The van der Waals surface area contributed by atoms with Crippen LogP contribution in [-0.4, -0.2) is 96.3 Å². The van der Waals surface area contributed by atoms with Gasteiger partial charge in [-0.2, -0.15) is 8.78 Å². The summed E-state index contributed by atoms with van der Waals surface area (Å²) in [6.07, 6.45) is 3.60. The van der Waals surface area contributed by atoms with E-state index in [1.165, 1.54) is 28.7 Å². The Kier molecular flexibility index (Phi) is 11.8. The quantitative estimate of drug-likeness (QED) is 0.170. The molecule has 5 rings (SSSR count). The SMILES string of the molecule is CS(=O)(=O)N(CCN1CCOCC1)c1ccsc1C(=O)OC(CC1=C(Cl)C=NCC1Cl)c1ccc(OC(F)F)c(OCC2CC2)c1. The summed E-state index contributed by atoms with van der Waals surface area (Å²) < 4.78 is 75.5. The van der Waals surface area contributed by atoms with Gasteiger partial charge >= 0.3 is 12.6 Å². The first-order valence-corrected chi connectivity index (χ1v) is 18.3. The number of nitrogens with zero attached hydrogens (tertiary/aromatic N) is 3. The summed E-state index contributed by atoms with van der Waals surface area (Å²) in [6, 6.07) is 5.93. The lowest BCUT2D eigenvalue weighted by Gasteiger charge is -2.30. The molecule has 3 heterocycles. The van der Waals surface area contributed by atoms with Gasteiger partial charge in [-0.1, -0.05) is 17.7 Å². The van der Waals surface area contributed by atoms with Crippen molar-refractivity contribution >= 4 is 62.4 Å². The molecule has 1 saturated carbocycles. The number of sulfonamides is 1. The lowest BCUT2D eigenvalue weighted by atomic mass is 9.97. The zero-order valence-corrected chi connectivity index (χ0v) is 28.2. The smallest absolute Gasteiger partial charge is 0.387 e.